The van der Waals surface area contributed by atoms with Crippen LogP contribution in [0.3, 0.4) is 0 Å². The maximum atomic E-state index is 13.0. The van der Waals surface area contributed by atoms with Gasteiger partial charge in [0.25, 0.3) is 0 Å². The summed E-state index contributed by atoms with van der Waals surface area (Å²) in [7, 11) is 0. The lowest BCUT2D eigenvalue weighted by Gasteiger charge is -2.11. The van der Waals surface area contributed by atoms with Crippen LogP contribution in [0.4, 0.5) is 4.39 Å². The summed E-state index contributed by atoms with van der Waals surface area (Å²) in [5.41, 5.74) is 1.87. The molecular formula is C15H17FO. The van der Waals surface area contributed by atoms with E-state index in [1.807, 2.05) is 6.92 Å². The number of carbonyl (C=O) groups excluding carboxylic acids is 1. The maximum Gasteiger partial charge on any atom is 0.140 e. The summed E-state index contributed by atoms with van der Waals surface area (Å²) in [4.78, 5) is 12.1. The molecule has 1 aromatic rings. The molecule has 2 saturated carbocycles. The summed E-state index contributed by atoms with van der Waals surface area (Å²) < 4.78 is 13.0. The van der Waals surface area contributed by atoms with Crippen LogP contribution in [0.5, 0.6) is 0 Å². The van der Waals surface area contributed by atoms with Gasteiger partial charge in [-0.2, -0.15) is 0 Å². The van der Waals surface area contributed by atoms with E-state index in [9.17, 15) is 9.18 Å². The first-order valence-electron chi connectivity index (χ1n) is 6.41. The largest absolute Gasteiger partial charge is 0.299 e. The Morgan fingerprint density at radius 2 is 2.00 bits per heavy atom. The molecule has 90 valence electrons. The predicted octanol–water partition coefficient (Wildman–Crippen LogP) is 3.29. The van der Waals surface area contributed by atoms with Crippen LogP contribution in [0.15, 0.2) is 18.2 Å². The van der Waals surface area contributed by atoms with Gasteiger partial charge in [-0.25, -0.2) is 4.39 Å². The van der Waals surface area contributed by atoms with Crippen molar-refractivity contribution in [3.05, 3.63) is 35.1 Å². The van der Waals surface area contributed by atoms with Crippen LogP contribution in [0, 0.1) is 30.5 Å². The number of rotatable bonds is 3. The van der Waals surface area contributed by atoms with E-state index in [1.54, 1.807) is 6.07 Å². The van der Waals surface area contributed by atoms with Crippen molar-refractivity contribution in [2.24, 2.45) is 17.8 Å². The molecule has 0 heterocycles. The molecule has 2 atom stereocenters. The monoisotopic (exact) mass is 232 g/mol. The molecular weight excluding hydrogens is 215 g/mol. The Balaban J connectivity index is 1.67. The van der Waals surface area contributed by atoms with Crippen LogP contribution in [-0.4, -0.2) is 5.78 Å². The van der Waals surface area contributed by atoms with Crippen LogP contribution in [0.2, 0.25) is 0 Å². The lowest BCUT2D eigenvalue weighted by molar-refractivity contribution is -0.122. The lowest BCUT2D eigenvalue weighted by Crippen LogP contribution is -2.15. The summed E-state index contributed by atoms with van der Waals surface area (Å²) in [6, 6.07) is 4.70. The van der Waals surface area contributed by atoms with Crippen molar-refractivity contribution in [3.8, 4) is 0 Å². The smallest absolute Gasteiger partial charge is 0.140 e. The molecule has 0 spiro atoms. The fourth-order valence-electron chi connectivity index (χ4n) is 3.17. The van der Waals surface area contributed by atoms with Gasteiger partial charge in [0.2, 0.25) is 0 Å². The van der Waals surface area contributed by atoms with Crippen molar-refractivity contribution in [1.82, 2.24) is 0 Å². The highest BCUT2D eigenvalue weighted by molar-refractivity contribution is 5.84. The molecule has 0 amide bonds. The first kappa shape index (κ1) is 10.9. The van der Waals surface area contributed by atoms with Gasteiger partial charge >= 0.3 is 0 Å². The Bertz CT molecular complexity index is 456. The number of benzene rings is 1. The van der Waals surface area contributed by atoms with Crippen molar-refractivity contribution in [1.29, 1.82) is 0 Å². The first-order valence-corrected chi connectivity index (χ1v) is 6.41. The van der Waals surface area contributed by atoms with Gasteiger partial charge in [0.1, 0.15) is 11.6 Å². The van der Waals surface area contributed by atoms with Gasteiger partial charge in [0, 0.05) is 12.3 Å². The third-order valence-corrected chi connectivity index (χ3v) is 4.37. The topological polar surface area (TPSA) is 17.1 Å². The lowest BCUT2D eigenvalue weighted by atomic mass is 9.92. The molecule has 0 saturated heterocycles. The zero-order valence-electron chi connectivity index (χ0n) is 10.1. The summed E-state index contributed by atoms with van der Waals surface area (Å²) in [5, 5.41) is 0. The number of Topliss-reactive ketones (excluding diaryl/α,β-unsaturated/α-hetero) is 1. The number of halogens is 1. The van der Waals surface area contributed by atoms with Crippen LogP contribution in [0.25, 0.3) is 0 Å². The number of aryl methyl sites for hydroxylation is 1. The molecule has 1 aromatic carbocycles. The Morgan fingerprint density at radius 3 is 2.65 bits per heavy atom. The van der Waals surface area contributed by atoms with E-state index < -0.39 is 0 Å². The second-order valence-corrected chi connectivity index (χ2v) is 5.64. The van der Waals surface area contributed by atoms with Crippen LogP contribution >= 0.6 is 0 Å². The van der Waals surface area contributed by atoms with E-state index in [2.05, 4.69) is 0 Å². The van der Waals surface area contributed by atoms with E-state index in [0.717, 1.165) is 35.8 Å². The Labute approximate surface area is 101 Å². The highest BCUT2D eigenvalue weighted by Crippen LogP contribution is 2.54. The minimum absolute atomic E-state index is 0.221. The van der Waals surface area contributed by atoms with Crippen molar-refractivity contribution >= 4 is 5.78 Å². The Morgan fingerprint density at radius 1 is 1.29 bits per heavy atom. The molecule has 0 aromatic heterocycles. The molecule has 0 bridgehead atoms. The molecule has 2 heteroatoms. The molecule has 1 nitrogen and oxygen atoms in total. The third kappa shape index (κ3) is 2.13. The summed E-state index contributed by atoms with van der Waals surface area (Å²) in [6.45, 7) is 1.87. The third-order valence-electron chi connectivity index (χ3n) is 4.37. The number of hydrogen-bond acceptors (Lipinski definition) is 1. The van der Waals surface area contributed by atoms with Crippen molar-refractivity contribution < 1.29 is 9.18 Å². The van der Waals surface area contributed by atoms with E-state index in [4.69, 9.17) is 0 Å². The van der Waals surface area contributed by atoms with Crippen molar-refractivity contribution in [2.75, 3.05) is 0 Å². The summed E-state index contributed by atoms with van der Waals surface area (Å²) >= 11 is 0. The number of fused-ring (bicyclic) bond motifs is 1. The molecule has 17 heavy (non-hydrogen) atoms. The molecule has 2 aliphatic rings. The van der Waals surface area contributed by atoms with Gasteiger partial charge in [0.05, 0.1) is 0 Å². The molecule has 2 unspecified atom stereocenters. The SMILES string of the molecule is Cc1cc(F)ccc1CC(=O)C1CC2CC2C1. The van der Waals surface area contributed by atoms with E-state index in [1.165, 1.54) is 18.6 Å². The van der Waals surface area contributed by atoms with Gasteiger partial charge < -0.3 is 0 Å². The molecule has 0 radical (unpaired) electrons. The van der Waals surface area contributed by atoms with Crippen LogP contribution in [-0.2, 0) is 11.2 Å². The molecule has 3 rings (SSSR count). The van der Waals surface area contributed by atoms with Gasteiger partial charge in [-0.05, 0) is 61.3 Å². The summed E-state index contributed by atoms with van der Waals surface area (Å²) in [6.07, 6.45) is 4.03. The van der Waals surface area contributed by atoms with Gasteiger partial charge in [0.15, 0.2) is 0 Å². The number of carbonyl (C=O) groups is 1. The highest BCUT2D eigenvalue weighted by atomic mass is 19.1. The van der Waals surface area contributed by atoms with E-state index in [-0.39, 0.29) is 11.7 Å². The fourth-order valence-corrected chi connectivity index (χ4v) is 3.17. The highest BCUT2D eigenvalue weighted by Gasteiger charge is 2.47. The minimum Gasteiger partial charge on any atom is -0.299 e. The zero-order chi connectivity index (χ0) is 12.0. The average molecular weight is 232 g/mol. The van der Waals surface area contributed by atoms with Crippen molar-refractivity contribution in [3.63, 3.8) is 0 Å². The molecule has 2 fully saturated rings. The van der Waals surface area contributed by atoms with Crippen LogP contribution in [0.1, 0.15) is 30.4 Å². The average Bonchev–Trinajstić information content (AvgIpc) is 2.89. The minimum atomic E-state index is -0.221. The van der Waals surface area contributed by atoms with Gasteiger partial charge in [-0.3, -0.25) is 4.79 Å². The Hall–Kier alpha value is -1.18. The van der Waals surface area contributed by atoms with Crippen LogP contribution < -0.4 is 0 Å². The zero-order valence-corrected chi connectivity index (χ0v) is 10.1. The fraction of sp³-hybridized carbons (Fsp3) is 0.533. The molecule has 0 N–H and O–H groups in total. The summed E-state index contributed by atoms with van der Waals surface area (Å²) in [5.74, 6) is 2.10. The molecule has 0 aliphatic heterocycles. The quantitative estimate of drug-likeness (QED) is 0.781. The van der Waals surface area contributed by atoms with Gasteiger partial charge in [-0.1, -0.05) is 6.07 Å². The maximum absolute atomic E-state index is 13.0. The number of ketones is 1. The van der Waals surface area contributed by atoms with E-state index >= 15 is 0 Å². The molecule has 2 aliphatic carbocycles. The van der Waals surface area contributed by atoms with Crippen molar-refractivity contribution in [2.45, 2.75) is 32.6 Å². The van der Waals surface area contributed by atoms with Gasteiger partial charge in [-0.15, -0.1) is 0 Å². The number of hydrogen-bond donors (Lipinski definition) is 0. The Kier molecular flexibility index (Phi) is 2.53. The van der Waals surface area contributed by atoms with E-state index in [0.29, 0.717) is 12.2 Å². The normalized spacial score (nSPS) is 30.1. The standard InChI is InChI=1S/C15H17FO/c1-9-4-14(16)3-2-10(9)8-15(17)13-6-11-5-12(11)7-13/h2-4,11-13H,5-8H2,1H3. The second-order valence-electron chi connectivity index (χ2n) is 5.64. The predicted molar refractivity (Wildman–Crippen MR) is 64.2 cm³/mol. The first-order chi connectivity index (χ1) is 8.13. The second kappa shape index (κ2) is 3.94.